The van der Waals surface area contributed by atoms with Gasteiger partial charge in [-0.05, 0) is 25.0 Å². The van der Waals surface area contributed by atoms with Gasteiger partial charge in [-0.3, -0.25) is 4.79 Å². The third-order valence-corrected chi connectivity index (χ3v) is 4.23. The Morgan fingerprint density at radius 1 is 1.08 bits per heavy atom. The zero-order valence-electron chi connectivity index (χ0n) is 14.0. The van der Waals surface area contributed by atoms with Gasteiger partial charge in [0, 0.05) is 12.3 Å². The number of benzene rings is 2. The lowest BCUT2D eigenvalue weighted by molar-refractivity contribution is -0.132. The summed E-state index contributed by atoms with van der Waals surface area (Å²) in [5.74, 6) is -0.216. The molecule has 4 nitrogen and oxygen atoms in total. The van der Waals surface area contributed by atoms with E-state index in [0.29, 0.717) is 18.7 Å². The molecule has 0 aromatic heterocycles. The molecule has 0 radical (unpaired) electrons. The van der Waals surface area contributed by atoms with Crippen molar-refractivity contribution in [2.24, 2.45) is 5.10 Å². The fourth-order valence-electron chi connectivity index (χ4n) is 3.02. The molecule has 1 N–H and O–H groups in total. The Hall–Kier alpha value is -2.46. The predicted molar refractivity (Wildman–Crippen MR) is 94.5 cm³/mol. The molecular formula is C20H22N2O2. The van der Waals surface area contributed by atoms with E-state index in [1.54, 1.807) is 13.8 Å². The van der Waals surface area contributed by atoms with Gasteiger partial charge >= 0.3 is 0 Å². The zero-order chi connectivity index (χ0) is 17.2. The Kier molecular flexibility index (Phi) is 4.49. The quantitative estimate of drug-likeness (QED) is 0.939. The van der Waals surface area contributed by atoms with Gasteiger partial charge in [0.2, 0.25) is 5.91 Å². The fourth-order valence-corrected chi connectivity index (χ4v) is 3.02. The van der Waals surface area contributed by atoms with E-state index >= 15 is 0 Å². The van der Waals surface area contributed by atoms with Gasteiger partial charge in [-0.1, -0.05) is 60.7 Å². The SMILES string of the molecule is CC(C)(O)C1=NN(Cc2ccccc2)C(=O)C[C@H]1c1ccccc1. The van der Waals surface area contributed by atoms with Crippen LogP contribution in [-0.2, 0) is 11.3 Å². The van der Waals surface area contributed by atoms with Crippen molar-refractivity contribution in [2.45, 2.75) is 38.3 Å². The van der Waals surface area contributed by atoms with Crippen molar-refractivity contribution in [3.05, 3.63) is 71.8 Å². The van der Waals surface area contributed by atoms with Gasteiger partial charge in [-0.25, -0.2) is 5.01 Å². The van der Waals surface area contributed by atoms with Crippen molar-refractivity contribution in [1.82, 2.24) is 5.01 Å². The monoisotopic (exact) mass is 322 g/mol. The molecule has 0 saturated heterocycles. The van der Waals surface area contributed by atoms with E-state index in [0.717, 1.165) is 11.1 Å². The number of amides is 1. The molecule has 1 heterocycles. The van der Waals surface area contributed by atoms with Gasteiger partial charge in [0.25, 0.3) is 0 Å². The second-order valence-corrected chi connectivity index (χ2v) is 6.65. The molecule has 124 valence electrons. The minimum absolute atomic E-state index is 0.0271. The van der Waals surface area contributed by atoms with E-state index < -0.39 is 5.60 Å². The topological polar surface area (TPSA) is 52.9 Å². The molecule has 24 heavy (non-hydrogen) atoms. The van der Waals surface area contributed by atoms with E-state index in [1.165, 1.54) is 5.01 Å². The number of aliphatic hydroxyl groups is 1. The number of hydrogen-bond acceptors (Lipinski definition) is 3. The molecule has 1 atom stereocenters. The molecule has 0 unspecified atom stereocenters. The first-order chi connectivity index (χ1) is 11.4. The van der Waals surface area contributed by atoms with Crippen molar-refractivity contribution in [3.63, 3.8) is 0 Å². The summed E-state index contributed by atoms with van der Waals surface area (Å²) in [6, 6.07) is 19.5. The lowest BCUT2D eigenvalue weighted by Gasteiger charge is -2.34. The lowest BCUT2D eigenvalue weighted by Crippen LogP contribution is -2.44. The van der Waals surface area contributed by atoms with Gasteiger partial charge in [-0.15, -0.1) is 0 Å². The number of rotatable bonds is 4. The zero-order valence-corrected chi connectivity index (χ0v) is 14.0. The molecule has 4 heteroatoms. The van der Waals surface area contributed by atoms with E-state index in [1.807, 2.05) is 60.7 Å². The summed E-state index contributed by atoms with van der Waals surface area (Å²) < 4.78 is 0. The van der Waals surface area contributed by atoms with Crippen LogP contribution < -0.4 is 0 Å². The molecular weight excluding hydrogens is 300 g/mol. The Labute approximate surface area is 142 Å². The van der Waals surface area contributed by atoms with Crippen LogP contribution in [0.15, 0.2) is 65.8 Å². The first kappa shape index (κ1) is 16.4. The van der Waals surface area contributed by atoms with Crippen LogP contribution in [0.1, 0.15) is 37.3 Å². The molecule has 1 aliphatic heterocycles. The van der Waals surface area contributed by atoms with Crippen molar-refractivity contribution in [2.75, 3.05) is 0 Å². The molecule has 0 saturated carbocycles. The third kappa shape index (κ3) is 3.54. The van der Waals surface area contributed by atoms with Crippen molar-refractivity contribution < 1.29 is 9.90 Å². The second-order valence-electron chi connectivity index (χ2n) is 6.65. The minimum atomic E-state index is -1.09. The maximum absolute atomic E-state index is 12.6. The molecule has 1 aliphatic rings. The van der Waals surface area contributed by atoms with Crippen LogP contribution >= 0.6 is 0 Å². The summed E-state index contributed by atoms with van der Waals surface area (Å²) in [7, 11) is 0. The summed E-state index contributed by atoms with van der Waals surface area (Å²) >= 11 is 0. The highest BCUT2D eigenvalue weighted by atomic mass is 16.3. The van der Waals surface area contributed by atoms with Crippen LogP contribution in [0.5, 0.6) is 0 Å². The predicted octanol–water partition coefficient (Wildman–Crippen LogP) is 3.33. The summed E-state index contributed by atoms with van der Waals surface area (Å²) in [5.41, 5.74) is 1.56. The number of hydrazone groups is 1. The van der Waals surface area contributed by atoms with Gasteiger partial charge in [0.05, 0.1) is 17.9 Å². The van der Waals surface area contributed by atoms with Gasteiger partial charge < -0.3 is 5.11 Å². The molecule has 0 aliphatic carbocycles. The van der Waals surface area contributed by atoms with Crippen molar-refractivity contribution in [3.8, 4) is 0 Å². The van der Waals surface area contributed by atoms with E-state index in [4.69, 9.17) is 0 Å². The van der Waals surface area contributed by atoms with E-state index in [9.17, 15) is 9.90 Å². The van der Waals surface area contributed by atoms with Gasteiger partial charge in [0.15, 0.2) is 0 Å². The molecule has 2 aromatic rings. The molecule has 3 rings (SSSR count). The van der Waals surface area contributed by atoms with Crippen LogP contribution in [0.4, 0.5) is 0 Å². The van der Waals surface area contributed by atoms with E-state index in [-0.39, 0.29) is 11.8 Å². The Bertz CT molecular complexity index is 733. The summed E-state index contributed by atoms with van der Waals surface area (Å²) in [5, 5.41) is 16.6. The number of hydrogen-bond donors (Lipinski definition) is 1. The summed E-state index contributed by atoms with van der Waals surface area (Å²) in [4.78, 5) is 12.6. The average molecular weight is 322 g/mol. The molecule has 0 spiro atoms. The summed E-state index contributed by atoms with van der Waals surface area (Å²) in [6.07, 6.45) is 0.319. The minimum Gasteiger partial charge on any atom is -0.384 e. The maximum atomic E-state index is 12.6. The standard InChI is InChI=1S/C20H22N2O2/c1-20(2,24)19-17(16-11-7-4-8-12-16)13-18(23)22(21-19)14-15-9-5-3-6-10-15/h3-12,17,24H,13-14H2,1-2H3/t17-/m0/s1. The molecule has 1 amide bonds. The van der Waals surface area contributed by atoms with Crippen LogP contribution in [0.3, 0.4) is 0 Å². The number of carbonyl (C=O) groups is 1. The average Bonchev–Trinajstić information content (AvgIpc) is 2.57. The maximum Gasteiger partial charge on any atom is 0.243 e. The molecule has 0 bridgehead atoms. The van der Waals surface area contributed by atoms with Crippen molar-refractivity contribution >= 4 is 11.6 Å². The molecule has 0 fully saturated rings. The third-order valence-electron chi connectivity index (χ3n) is 4.23. The first-order valence-corrected chi connectivity index (χ1v) is 8.16. The number of carbonyl (C=O) groups excluding carboxylic acids is 1. The highest BCUT2D eigenvalue weighted by Crippen LogP contribution is 2.32. The van der Waals surface area contributed by atoms with Crippen LogP contribution in [0.25, 0.3) is 0 Å². The largest absolute Gasteiger partial charge is 0.384 e. The highest BCUT2D eigenvalue weighted by Gasteiger charge is 2.37. The van der Waals surface area contributed by atoms with E-state index in [2.05, 4.69) is 5.10 Å². The van der Waals surface area contributed by atoms with Crippen molar-refractivity contribution in [1.29, 1.82) is 0 Å². The fraction of sp³-hybridized carbons (Fsp3) is 0.300. The van der Waals surface area contributed by atoms with Gasteiger partial charge in [0.1, 0.15) is 0 Å². The van der Waals surface area contributed by atoms with Crippen LogP contribution in [0.2, 0.25) is 0 Å². The molecule has 2 aromatic carbocycles. The Morgan fingerprint density at radius 3 is 2.25 bits per heavy atom. The smallest absolute Gasteiger partial charge is 0.243 e. The Morgan fingerprint density at radius 2 is 1.67 bits per heavy atom. The van der Waals surface area contributed by atoms with Crippen LogP contribution in [0, 0.1) is 0 Å². The number of nitrogens with zero attached hydrogens (tertiary/aromatic N) is 2. The lowest BCUT2D eigenvalue weighted by atomic mass is 9.82. The highest BCUT2D eigenvalue weighted by molar-refractivity contribution is 6.02. The Balaban J connectivity index is 1.95. The van der Waals surface area contributed by atoms with Crippen LogP contribution in [-0.4, -0.2) is 27.3 Å². The summed E-state index contributed by atoms with van der Waals surface area (Å²) in [6.45, 7) is 3.86. The normalized spacial score (nSPS) is 18.5. The van der Waals surface area contributed by atoms with Gasteiger partial charge in [-0.2, -0.15) is 5.10 Å². The first-order valence-electron chi connectivity index (χ1n) is 8.16. The second kappa shape index (κ2) is 6.57.